The summed E-state index contributed by atoms with van der Waals surface area (Å²) < 4.78 is 15.8. The molecule has 0 spiro atoms. The highest BCUT2D eigenvalue weighted by molar-refractivity contribution is 6.14. The summed E-state index contributed by atoms with van der Waals surface area (Å²) >= 11 is 0. The van der Waals surface area contributed by atoms with Crippen LogP contribution in [0.5, 0.6) is 0 Å². The quantitative estimate of drug-likeness (QED) is 0.159. The third kappa shape index (κ3) is 6.53. The molecule has 0 aliphatic carbocycles. The van der Waals surface area contributed by atoms with Crippen molar-refractivity contribution in [1.82, 2.24) is 19.5 Å². The van der Waals surface area contributed by atoms with Crippen LogP contribution in [-0.2, 0) is 0 Å². The normalized spacial score (nSPS) is 11.8. The van der Waals surface area contributed by atoms with Crippen LogP contribution in [0.1, 0.15) is 0 Å². The van der Waals surface area contributed by atoms with Crippen LogP contribution < -0.4 is 0 Å². The van der Waals surface area contributed by atoms with Crippen molar-refractivity contribution in [3.63, 3.8) is 0 Å². The number of rotatable bonds is 7. The van der Waals surface area contributed by atoms with E-state index >= 15 is 0 Å². The summed E-state index contributed by atoms with van der Waals surface area (Å²) in [7, 11) is 0. The molecule has 6 heteroatoms. The average Bonchev–Trinajstić information content (AvgIpc) is 4.10. The molecule has 4 aromatic heterocycles. The maximum atomic E-state index is 6.90. The van der Waals surface area contributed by atoms with Crippen molar-refractivity contribution >= 4 is 65.7 Å². The van der Waals surface area contributed by atoms with E-state index in [2.05, 4.69) is 193 Å². The lowest BCUT2D eigenvalue weighted by atomic mass is 10.0. The van der Waals surface area contributed by atoms with Crippen LogP contribution in [0.4, 0.5) is 0 Å². The predicted molar refractivity (Wildman–Crippen MR) is 281 cm³/mol. The number of aromatic nitrogens is 4. The molecule has 0 saturated heterocycles. The van der Waals surface area contributed by atoms with Gasteiger partial charge in [0.05, 0.1) is 16.7 Å². The standard InChI is InChI=1S/C63H38N4O2/c1-4-13-39(14-5-1)41-23-25-43(26-24-41)62-64-61(42-17-8-3-9-18-42)65-63(66-62)47-28-32-50-53-36-45(30-34-57(53)68-58(50)38-47)46-27-31-49-51-20-12-22-56(60(51)69-59(49)37-46)67-54-21-11-10-19-48(54)52-35-44(29-33-55(52)67)40-15-6-2-7-16-40/h1-38H. The number of fused-ring (bicyclic) bond motifs is 9. The van der Waals surface area contributed by atoms with E-state index < -0.39 is 0 Å². The zero-order valence-corrected chi connectivity index (χ0v) is 37.0. The van der Waals surface area contributed by atoms with Gasteiger partial charge in [0.2, 0.25) is 0 Å². The fourth-order valence-electron chi connectivity index (χ4n) is 10.1. The lowest BCUT2D eigenvalue weighted by Gasteiger charge is -2.09. The molecule has 10 aromatic carbocycles. The summed E-state index contributed by atoms with van der Waals surface area (Å²) in [6, 6.07) is 80.4. The minimum atomic E-state index is 0.576. The van der Waals surface area contributed by atoms with E-state index in [1.54, 1.807) is 0 Å². The molecule has 4 heterocycles. The molecule has 6 nitrogen and oxygen atoms in total. The van der Waals surface area contributed by atoms with Crippen molar-refractivity contribution in [2.45, 2.75) is 0 Å². The Labute approximate surface area is 396 Å². The topological polar surface area (TPSA) is 69.9 Å². The third-order valence-corrected chi connectivity index (χ3v) is 13.5. The molecule has 14 aromatic rings. The van der Waals surface area contributed by atoms with E-state index in [9.17, 15) is 0 Å². The zero-order chi connectivity index (χ0) is 45.4. The van der Waals surface area contributed by atoms with Gasteiger partial charge in [-0.15, -0.1) is 0 Å². The van der Waals surface area contributed by atoms with Crippen LogP contribution in [0.2, 0.25) is 0 Å². The number of benzene rings is 10. The lowest BCUT2D eigenvalue weighted by Crippen LogP contribution is -2.00. The lowest BCUT2D eigenvalue weighted by molar-refractivity contribution is 0.666. The Balaban J connectivity index is 0.829. The fraction of sp³-hybridized carbons (Fsp3) is 0. The summed E-state index contributed by atoms with van der Waals surface area (Å²) in [4.78, 5) is 15.0. The maximum absolute atomic E-state index is 6.90. The number of furan rings is 2. The third-order valence-electron chi connectivity index (χ3n) is 13.5. The summed E-state index contributed by atoms with van der Waals surface area (Å²) in [6.07, 6.45) is 0. The molecule has 0 saturated carbocycles. The summed E-state index contributed by atoms with van der Waals surface area (Å²) in [5.74, 6) is 1.79. The van der Waals surface area contributed by atoms with Crippen LogP contribution >= 0.6 is 0 Å². The van der Waals surface area contributed by atoms with Gasteiger partial charge >= 0.3 is 0 Å². The fourth-order valence-corrected chi connectivity index (χ4v) is 10.1. The molecule has 0 unspecified atom stereocenters. The first-order chi connectivity index (χ1) is 34.2. The summed E-state index contributed by atoms with van der Waals surface area (Å²) in [6.45, 7) is 0. The second-order valence-electron chi connectivity index (χ2n) is 17.6. The molecular formula is C63H38N4O2. The first-order valence-electron chi connectivity index (χ1n) is 23.2. The van der Waals surface area contributed by atoms with Crippen molar-refractivity contribution in [2.75, 3.05) is 0 Å². The van der Waals surface area contributed by atoms with E-state index in [1.165, 1.54) is 21.9 Å². The van der Waals surface area contributed by atoms with Gasteiger partial charge in [0.15, 0.2) is 23.1 Å². The van der Waals surface area contributed by atoms with Gasteiger partial charge < -0.3 is 13.4 Å². The molecule has 322 valence electrons. The van der Waals surface area contributed by atoms with Gasteiger partial charge in [-0.25, -0.2) is 15.0 Å². The van der Waals surface area contributed by atoms with E-state index in [0.717, 1.165) is 99.5 Å². The maximum Gasteiger partial charge on any atom is 0.164 e. The summed E-state index contributed by atoms with van der Waals surface area (Å²) in [5.41, 5.74) is 16.0. The van der Waals surface area contributed by atoms with Gasteiger partial charge in [-0.05, 0) is 94.0 Å². The van der Waals surface area contributed by atoms with Gasteiger partial charge in [-0.2, -0.15) is 0 Å². The monoisotopic (exact) mass is 882 g/mol. The first-order valence-corrected chi connectivity index (χ1v) is 23.2. The Kier molecular flexibility index (Phi) is 8.79. The van der Waals surface area contributed by atoms with Gasteiger partial charge in [0.25, 0.3) is 0 Å². The number of nitrogens with zero attached hydrogens (tertiary/aromatic N) is 4. The molecule has 0 atom stereocenters. The number of hydrogen-bond donors (Lipinski definition) is 0. The minimum absolute atomic E-state index is 0.576. The van der Waals surface area contributed by atoms with E-state index in [0.29, 0.717) is 17.5 Å². The van der Waals surface area contributed by atoms with Crippen molar-refractivity contribution in [3.8, 4) is 73.2 Å². The van der Waals surface area contributed by atoms with Crippen LogP contribution in [0.3, 0.4) is 0 Å². The average molecular weight is 883 g/mol. The van der Waals surface area contributed by atoms with Crippen LogP contribution in [0.15, 0.2) is 239 Å². The Morgan fingerprint density at radius 2 is 0.725 bits per heavy atom. The molecule has 0 bridgehead atoms. The van der Waals surface area contributed by atoms with Crippen LogP contribution in [0, 0.1) is 0 Å². The Hall–Kier alpha value is -9.39. The smallest absolute Gasteiger partial charge is 0.164 e. The molecule has 0 fully saturated rings. The van der Waals surface area contributed by atoms with Gasteiger partial charge in [-0.1, -0.05) is 170 Å². The Morgan fingerprint density at radius 3 is 1.48 bits per heavy atom. The summed E-state index contributed by atoms with van der Waals surface area (Å²) in [5, 5.41) is 6.61. The Bertz CT molecular complexity index is 4290. The molecule has 0 aliphatic heterocycles. The van der Waals surface area contributed by atoms with Crippen molar-refractivity contribution in [2.24, 2.45) is 0 Å². The van der Waals surface area contributed by atoms with Crippen molar-refractivity contribution < 1.29 is 8.83 Å². The molecule has 14 rings (SSSR count). The molecule has 0 N–H and O–H groups in total. The van der Waals surface area contributed by atoms with Gasteiger partial charge in [0.1, 0.15) is 16.7 Å². The molecule has 0 amide bonds. The molecule has 69 heavy (non-hydrogen) atoms. The second-order valence-corrected chi connectivity index (χ2v) is 17.6. The number of hydrogen-bond acceptors (Lipinski definition) is 5. The van der Waals surface area contributed by atoms with Crippen LogP contribution in [-0.4, -0.2) is 19.5 Å². The zero-order valence-electron chi connectivity index (χ0n) is 37.0. The molecule has 0 radical (unpaired) electrons. The first kappa shape index (κ1) is 38.8. The van der Waals surface area contributed by atoms with E-state index in [-0.39, 0.29) is 0 Å². The van der Waals surface area contributed by atoms with Gasteiger partial charge in [-0.3, -0.25) is 0 Å². The van der Waals surface area contributed by atoms with E-state index in [4.69, 9.17) is 23.8 Å². The van der Waals surface area contributed by atoms with E-state index in [1.807, 2.05) is 42.5 Å². The van der Waals surface area contributed by atoms with Crippen molar-refractivity contribution in [3.05, 3.63) is 231 Å². The molecule has 0 aliphatic rings. The predicted octanol–water partition coefficient (Wildman–Crippen LogP) is 16.8. The van der Waals surface area contributed by atoms with Gasteiger partial charge in [0, 0.05) is 49.0 Å². The highest BCUT2D eigenvalue weighted by Gasteiger charge is 2.20. The SMILES string of the molecule is c1ccc(-c2ccc(-c3nc(-c4ccccc4)nc(-c4ccc5c(c4)oc4ccc(-c6ccc7c(c6)oc6c(-n8c9ccccc9c9cc(-c%10ccccc%10)ccc98)cccc67)cc45)n3)cc2)cc1. The Morgan fingerprint density at radius 1 is 0.261 bits per heavy atom. The highest BCUT2D eigenvalue weighted by atomic mass is 16.3. The minimum Gasteiger partial charge on any atom is -0.456 e. The largest absolute Gasteiger partial charge is 0.456 e. The highest BCUT2D eigenvalue weighted by Crippen LogP contribution is 2.41. The second kappa shape index (κ2) is 15.6. The number of para-hydroxylation sites is 2. The van der Waals surface area contributed by atoms with Crippen molar-refractivity contribution in [1.29, 1.82) is 0 Å². The molecular weight excluding hydrogens is 845 g/mol. The van der Waals surface area contributed by atoms with Crippen LogP contribution in [0.25, 0.3) is 139 Å².